The number of amides is 2. The Labute approximate surface area is 110 Å². The average Bonchev–Trinajstić information content (AvgIpc) is 2.42. The maximum atomic E-state index is 11.7. The topological polar surface area (TPSA) is 66.6 Å². The number of hydrogen-bond acceptors (Lipinski definition) is 2. The number of para-hydroxylation sites is 1. The number of hydrogen-bond donors (Lipinski definition) is 2. The highest BCUT2D eigenvalue weighted by molar-refractivity contribution is 5.89. The maximum Gasteiger partial charge on any atom is 0.345 e. The third kappa shape index (κ3) is 3.45. The Bertz CT molecular complexity index is 633. The predicted octanol–water partition coefficient (Wildman–Crippen LogP) is 2.42. The van der Waals surface area contributed by atoms with E-state index in [4.69, 9.17) is 0 Å². The second-order valence-corrected chi connectivity index (χ2v) is 3.98. The van der Waals surface area contributed by atoms with Crippen LogP contribution < -0.4 is 10.7 Å². The lowest BCUT2D eigenvalue weighted by Gasteiger charge is -2.04. The van der Waals surface area contributed by atoms with Gasteiger partial charge in [-0.15, -0.1) is 0 Å². The van der Waals surface area contributed by atoms with Crippen LogP contribution in [0.1, 0.15) is 12.6 Å². The Morgan fingerprint density at radius 2 is 2.05 bits per heavy atom. The summed E-state index contributed by atoms with van der Waals surface area (Å²) in [5.74, 6) is 0. The van der Waals surface area contributed by atoms with Crippen molar-refractivity contribution in [1.82, 2.24) is 4.73 Å². The van der Waals surface area contributed by atoms with Crippen molar-refractivity contribution in [2.24, 2.45) is 4.99 Å². The number of rotatable bonds is 2. The molecule has 0 spiro atoms. The highest BCUT2D eigenvalue weighted by Gasteiger charge is 2.00. The van der Waals surface area contributed by atoms with E-state index in [0.29, 0.717) is 23.2 Å². The molecule has 0 aliphatic carbocycles. The number of urea groups is 1. The van der Waals surface area contributed by atoms with Crippen LogP contribution in [0.3, 0.4) is 0 Å². The van der Waals surface area contributed by atoms with Gasteiger partial charge in [-0.05, 0) is 30.7 Å². The van der Waals surface area contributed by atoms with E-state index < -0.39 is 6.03 Å². The van der Waals surface area contributed by atoms with E-state index in [-0.39, 0.29) is 0 Å². The lowest BCUT2D eigenvalue weighted by atomic mass is 10.3. The van der Waals surface area contributed by atoms with Crippen molar-refractivity contribution < 1.29 is 10.0 Å². The molecule has 0 aliphatic rings. The standard InChI is InChI=1S/C14H15N3O2/c1-2-13-10-12(8-9-17(13)19)16-14(18)15-11-6-4-3-5-7-11/h3-10,19H,2H2,1H3,(H,15,18). The van der Waals surface area contributed by atoms with E-state index in [2.05, 4.69) is 10.3 Å². The number of carbonyl (C=O) groups is 1. The zero-order valence-electron chi connectivity index (χ0n) is 10.6. The largest absolute Gasteiger partial charge is 0.429 e. The van der Waals surface area contributed by atoms with Crippen molar-refractivity contribution in [2.75, 3.05) is 5.32 Å². The highest BCUT2D eigenvalue weighted by Crippen LogP contribution is 2.04. The van der Waals surface area contributed by atoms with Gasteiger partial charge in [0.15, 0.2) is 0 Å². The van der Waals surface area contributed by atoms with E-state index in [0.717, 1.165) is 4.73 Å². The van der Waals surface area contributed by atoms with E-state index in [1.165, 1.54) is 6.20 Å². The van der Waals surface area contributed by atoms with E-state index in [1.807, 2.05) is 25.1 Å². The summed E-state index contributed by atoms with van der Waals surface area (Å²) in [5.41, 5.74) is 1.38. The molecule has 5 nitrogen and oxygen atoms in total. The van der Waals surface area contributed by atoms with Gasteiger partial charge in [0.2, 0.25) is 0 Å². The van der Waals surface area contributed by atoms with Crippen LogP contribution in [0, 0.1) is 0 Å². The molecule has 0 radical (unpaired) electrons. The van der Waals surface area contributed by atoms with Gasteiger partial charge in [-0.2, -0.15) is 9.72 Å². The molecule has 0 saturated heterocycles. The molecule has 0 saturated carbocycles. The minimum atomic E-state index is -0.441. The molecule has 0 aliphatic heterocycles. The first-order valence-electron chi connectivity index (χ1n) is 6.00. The van der Waals surface area contributed by atoms with Gasteiger partial charge in [0.1, 0.15) is 0 Å². The third-order valence-corrected chi connectivity index (χ3v) is 2.61. The molecular weight excluding hydrogens is 242 g/mol. The molecule has 0 atom stereocenters. The molecule has 98 valence electrons. The van der Waals surface area contributed by atoms with Crippen molar-refractivity contribution >= 4 is 11.7 Å². The van der Waals surface area contributed by atoms with E-state index in [9.17, 15) is 10.0 Å². The van der Waals surface area contributed by atoms with Gasteiger partial charge in [-0.3, -0.25) is 0 Å². The van der Waals surface area contributed by atoms with E-state index >= 15 is 0 Å². The minimum absolute atomic E-state index is 0.441. The fourth-order valence-electron chi connectivity index (χ4n) is 1.65. The Morgan fingerprint density at radius 1 is 1.32 bits per heavy atom. The molecule has 2 rings (SSSR count). The average molecular weight is 257 g/mol. The van der Waals surface area contributed by atoms with Crippen LogP contribution in [-0.2, 0) is 6.42 Å². The summed E-state index contributed by atoms with van der Waals surface area (Å²) >= 11 is 0. The Balaban J connectivity index is 2.19. The van der Waals surface area contributed by atoms with E-state index in [1.54, 1.807) is 24.3 Å². The molecule has 0 unspecified atom stereocenters. The number of aryl methyl sites for hydroxylation is 1. The summed E-state index contributed by atoms with van der Waals surface area (Å²) in [4.78, 5) is 15.6. The Kier molecular flexibility index (Phi) is 3.97. The van der Waals surface area contributed by atoms with Crippen LogP contribution in [0.25, 0.3) is 0 Å². The normalized spacial score (nSPS) is 11.3. The molecule has 1 heterocycles. The lowest BCUT2D eigenvalue weighted by Crippen LogP contribution is -2.15. The summed E-state index contributed by atoms with van der Waals surface area (Å²) in [6.07, 6.45) is 2.12. The number of anilines is 1. The summed E-state index contributed by atoms with van der Waals surface area (Å²) in [6.45, 7) is 1.91. The molecule has 2 N–H and O–H groups in total. The smallest absolute Gasteiger partial charge is 0.345 e. The van der Waals surface area contributed by atoms with Crippen LogP contribution in [0.5, 0.6) is 0 Å². The van der Waals surface area contributed by atoms with Gasteiger partial charge in [0.25, 0.3) is 0 Å². The van der Waals surface area contributed by atoms with Crippen molar-refractivity contribution in [3.8, 4) is 0 Å². The first-order valence-corrected chi connectivity index (χ1v) is 6.00. The number of aromatic nitrogens is 1. The van der Waals surface area contributed by atoms with Crippen LogP contribution in [0.2, 0.25) is 0 Å². The van der Waals surface area contributed by atoms with Crippen LogP contribution >= 0.6 is 0 Å². The second kappa shape index (κ2) is 5.86. The summed E-state index contributed by atoms with van der Waals surface area (Å²) in [5, 5.41) is 12.7. The highest BCUT2D eigenvalue weighted by atomic mass is 16.5. The fraction of sp³-hybridized carbons (Fsp3) is 0.143. The molecule has 19 heavy (non-hydrogen) atoms. The van der Waals surface area contributed by atoms with Gasteiger partial charge in [-0.1, -0.05) is 25.1 Å². The predicted molar refractivity (Wildman–Crippen MR) is 72.0 cm³/mol. The van der Waals surface area contributed by atoms with Gasteiger partial charge in [0, 0.05) is 11.9 Å². The molecule has 2 amide bonds. The van der Waals surface area contributed by atoms with Crippen molar-refractivity contribution in [2.45, 2.75) is 13.3 Å². The first-order chi connectivity index (χ1) is 9.19. The third-order valence-electron chi connectivity index (χ3n) is 2.61. The number of nitrogens with one attached hydrogen (secondary N) is 1. The summed E-state index contributed by atoms with van der Waals surface area (Å²) in [7, 11) is 0. The molecule has 0 bridgehead atoms. The molecule has 0 fully saturated rings. The van der Waals surface area contributed by atoms with Gasteiger partial charge in [0.05, 0.1) is 11.1 Å². The quantitative estimate of drug-likeness (QED) is 0.811. The van der Waals surface area contributed by atoms with Gasteiger partial charge in [-0.25, -0.2) is 4.79 Å². The van der Waals surface area contributed by atoms with Crippen molar-refractivity contribution in [3.63, 3.8) is 0 Å². The number of carbonyl (C=O) groups excluding carboxylic acids is 1. The zero-order chi connectivity index (χ0) is 13.7. The minimum Gasteiger partial charge on any atom is -0.429 e. The second-order valence-electron chi connectivity index (χ2n) is 3.98. The Morgan fingerprint density at radius 3 is 2.74 bits per heavy atom. The van der Waals surface area contributed by atoms with Gasteiger partial charge >= 0.3 is 6.03 Å². The molecule has 1 aromatic heterocycles. The number of benzene rings is 1. The lowest BCUT2D eigenvalue weighted by molar-refractivity contribution is 0.175. The maximum absolute atomic E-state index is 11.7. The first kappa shape index (κ1) is 12.9. The van der Waals surface area contributed by atoms with Gasteiger partial charge < -0.3 is 10.5 Å². The Hall–Kier alpha value is -2.56. The van der Waals surface area contributed by atoms with Crippen LogP contribution in [-0.4, -0.2) is 16.0 Å². The fourth-order valence-corrected chi connectivity index (χ4v) is 1.65. The van der Waals surface area contributed by atoms with Crippen molar-refractivity contribution in [1.29, 1.82) is 0 Å². The summed E-state index contributed by atoms with van der Waals surface area (Å²) in [6, 6.07) is 11.9. The summed E-state index contributed by atoms with van der Waals surface area (Å²) < 4.78 is 1.02. The molecular formula is C14H15N3O2. The SMILES string of the molecule is CCc1cc(=NC(=O)Nc2ccccc2)ccn1O. The van der Waals surface area contributed by atoms with Crippen LogP contribution in [0.15, 0.2) is 53.7 Å². The number of pyridine rings is 1. The number of nitrogens with zero attached hydrogens (tertiary/aromatic N) is 2. The van der Waals surface area contributed by atoms with Crippen molar-refractivity contribution in [3.05, 3.63) is 59.7 Å². The molecule has 2 aromatic rings. The van der Waals surface area contributed by atoms with Crippen LogP contribution in [0.4, 0.5) is 10.5 Å². The molecule has 1 aromatic carbocycles. The zero-order valence-corrected chi connectivity index (χ0v) is 10.6. The molecule has 5 heteroatoms. The monoisotopic (exact) mass is 257 g/mol.